The van der Waals surface area contributed by atoms with Gasteiger partial charge >= 0.3 is 0 Å². The third-order valence-electron chi connectivity index (χ3n) is 2.68. The molecule has 1 fully saturated rings. The molecule has 82 valence electrons. The predicted octanol–water partition coefficient (Wildman–Crippen LogP) is 2.71. The van der Waals surface area contributed by atoms with Gasteiger partial charge in [0.2, 0.25) is 0 Å². The summed E-state index contributed by atoms with van der Waals surface area (Å²) in [4.78, 5) is 0. The van der Waals surface area contributed by atoms with Gasteiger partial charge in [0, 0.05) is 36.4 Å². The van der Waals surface area contributed by atoms with E-state index in [2.05, 4.69) is 12.2 Å². The van der Waals surface area contributed by atoms with Gasteiger partial charge in [-0.1, -0.05) is 23.2 Å². The number of hydrogen-bond donors (Lipinski definition) is 1. The maximum Gasteiger partial charge on any atom is 0.0469 e. The van der Waals surface area contributed by atoms with Crippen molar-refractivity contribution in [3.8, 4) is 0 Å². The maximum absolute atomic E-state index is 5.79. The maximum atomic E-state index is 5.79. The Hall–Kier alpha value is 0.240. The molecule has 2 nitrogen and oxygen atoms in total. The van der Waals surface area contributed by atoms with Crippen LogP contribution in [0.1, 0.15) is 19.8 Å². The number of hydrogen-bond acceptors (Lipinski definition) is 2. The van der Waals surface area contributed by atoms with Crippen LogP contribution in [-0.2, 0) is 4.74 Å². The molecule has 0 amide bonds. The molecule has 0 radical (unpaired) electrons. The Labute approximate surface area is 95.6 Å². The molecule has 1 N–H and O–H groups in total. The van der Waals surface area contributed by atoms with E-state index in [9.17, 15) is 0 Å². The molecule has 0 aliphatic carbocycles. The zero-order chi connectivity index (χ0) is 10.4. The van der Waals surface area contributed by atoms with E-state index in [0.717, 1.165) is 26.1 Å². The fourth-order valence-electron chi connectivity index (χ4n) is 1.68. The van der Waals surface area contributed by atoms with Crippen molar-refractivity contribution in [3.05, 3.63) is 10.6 Å². The van der Waals surface area contributed by atoms with Crippen molar-refractivity contribution in [2.75, 3.05) is 19.8 Å². The summed E-state index contributed by atoms with van der Waals surface area (Å²) >= 11 is 11.3. The number of halogens is 2. The second-order valence-electron chi connectivity index (χ2n) is 3.68. The molecule has 1 unspecified atom stereocenters. The highest BCUT2D eigenvalue weighted by Gasteiger charge is 2.19. The van der Waals surface area contributed by atoms with E-state index >= 15 is 0 Å². The normalized spacial score (nSPS) is 22.4. The fraction of sp³-hybridized carbons (Fsp3) is 0.800. The molecule has 1 atom stereocenters. The van der Waals surface area contributed by atoms with Gasteiger partial charge < -0.3 is 10.1 Å². The van der Waals surface area contributed by atoms with Gasteiger partial charge in [-0.15, -0.1) is 0 Å². The Morgan fingerprint density at radius 1 is 1.57 bits per heavy atom. The summed E-state index contributed by atoms with van der Waals surface area (Å²) in [6.45, 7) is 4.61. The van der Waals surface area contributed by atoms with Crippen LogP contribution >= 0.6 is 23.2 Å². The minimum atomic E-state index is 0.476. The van der Waals surface area contributed by atoms with Crippen LogP contribution in [0.3, 0.4) is 0 Å². The minimum absolute atomic E-state index is 0.476. The molecule has 1 rings (SSSR count). The lowest BCUT2D eigenvalue weighted by Gasteiger charge is -2.28. The van der Waals surface area contributed by atoms with Gasteiger partial charge in [0.05, 0.1) is 0 Å². The van der Waals surface area contributed by atoms with E-state index in [4.69, 9.17) is 27.9 Å². The van der Waals surface area contributed by atoms with Gasteiger partial charge in [-0.3, -0.25) is 0 Å². The summed E-state index contributed by atoms with van der Waals surface area (Å²) in [6.07, 6.45) is 2.27. The summed E-state index contributed by atoms with van der Waals surface area (Å²) in [5, 5.41) is 4.02. The van der Waals surface area contributed by atoms with Gasteiger partial charge in [0.15, 0.2) is 0 Å². The SMILES string of the molecule is CC(NCC(Cl)=CCl)C1CCOCC1. The molecule has 1 aliphatic heterocycles. The highest BCUT2D eigenvalue weighted by atomic mass is 35.5. The van der Waals surface area contributed by atoms with E-state index < -0.39 is 0 Å². The second kappa shape index (κ2) is 6.67. The van der Waals surface area contributed by atoms with Crippen molar-refractivity contribution >= 4 is 23.2 Å². The van der Waals surface area contributed by atoms with Crippen molar-refractivity contribution < 1.29 is 4.74 Å². The van der Waals surface area contributed by atoms with Crippen LogP contribution in [-0.4, -0.2) is 25.8 Å². The van der Waals surface area contributed by atoms with Crippen molar-refractivity contribution in [3.63, 3.8) is 0 Å². The molecular formula is C10H17Cl2NO. The Morgan fingerprint density at radius 3 is 2.79 bits per heavy atom. The van der Waals surface area contributed by atoms with Crippen LogP contribution in [0, 0.1) is 5.92 Å². The monoisotopic (exact) mass is 237 g/mol. The van der Waals surface area contributed by atoms with Crippen LogP contribution in [0.4, 0.5) is 0 Å². The zero-order valence-corrected chi connectivity index (χ0v) is 9.94. The summed E-state index contributed by atoms with van der Waals surface area (Å²) in [6, 6.07) is 0.476. The van der Waals surface area contributed by atoms with Crippen molar-refractivity contribution in [1.82, 2.24) is 5.32 Å². The first-order valence-electron chi connectivity index (χ1n) is 5.00. The quantitative estimate of drug-likeness (QED) is 0.813. The van der Waals surface area contributed by atoms with Gasteiger partial charge in [-0.05, 0) is 25.7 Å². The van der Waals surface area contributed by atoms with Crippen LogP contribution < -0.4 is 5.32 Å². The van der Waals surface area contributed by atoms with Gasteiger partial charge in [0.1, 0.15) is 0 Å². The van der Waals surface area contributed by atoms with Crippen LogP contribution in [0.15, 0.2) is 10.6 Å². The molecule has 1 heterocycles. The second-order valence-corrected chi connectivity index (χ2v) is 4.38. The van der Waals surface area contributed by atoms with E-state index in [-0.39, 0.29) is 0 Å². The molecule has 14 heavy (non-hydrogen) atoms. The van der Waals surface area contributed by atoms with Crippen molar-refractivity contribution in [1.29, 1.82) is 0 Å². The van der Waals surface area contributed by atoms with E-state index in [1.165, 1.54) is 5.54 Å². The smallest absolute Gasteiger partial charge is 0.0469 e. The molecule has 4 heteroatoms. The molecular weight excluding hydrogens is 221 g/mol. The lowest BCUT2D eigenvalue weighted by atomic mass is 9.93. The Morgan fingerprint density at radius 2 is 2.21 bits per heavy atom. The number of rotatable bonds is 4. The van der Waals surface area contributed by atoms with Crippen LogP contribution in [0.25, 0.3) is 0 Å². The largest absolute Gasteiger partial charge is 0.381 e. The molecule has 0 bridgehead atoms. The lowest BCUT2D eigenvalue weighted by Crippen LogP contribution is -2.37. The van der Waals surface area contributed by atoms with Crippen LogP contribution in [0.2, 0.25) is 0 Å². The standard InChI is InChI=1S/C10H17Cl2NO/c1-8(13-7-10(12)6-11)9-2-4-14-5-3-9/h6,8-9,13H,2-5,7H2,1H3. The van der Waals surface area contributed by atoms with Gasteiger partial charge in [0.25, 0.3) is 0 Å². The third kappa shape index (κ3) is 4.18. The fourth-order valence-corrected chi connectivity index (χ4v) is 1.83. The average molecular weight is 238 g/mol. The molecule has 1 aliphatic rings. The summed E-state index contributed by atoms with van der Waals surface area (Å²) < 4.78 is 5.31. The first-order valence-corrected chi connectivity index (χ1v) is 5.81. The Bertz CT molecular complexity index is 191. The van der Waals surface area contributed by atoms with Crippen LogP contribution in [0.5, 0.6) is 0 Å². The van der Waals surface area contributed by atoms with Crippen molar-refractivity contribution in [2.45, 2.75) is 25.8 Å². The molecule has 0 aromatic carbocycles. The lowest BCUT2D eigenvalue weighted by molar-refractivity contribution is 0.0564. The van der Waals surface area contributed by atoms with E-state index in [1.807, 2.05) is 0 Å². The molecule has 1 saturated heterocycles. The number of nitrogens with one attached hydrogen (secondary N) is 1. The van der Waals surface area contributed by atoms with E-state index in [0.29, 0.717) is 23.5 Å². The predicted molar refractivity (Wildman–Crippen MR) is 60.8 cm³/mol. The number of ether oxygens (including phenoxy) is 1. The van der Waals surface area contributed by atoms with E-state index in [1.54, 1.807) is 0 Å². The first kappa shape index (κ1) is 12.3. The third-order valence-corrected chi connectivity index (χ3v) is 3.30. The summed E-state index contributed by atoms with van der Waals surface area (Å²) in [7, 11) is 0. The highest BCUT2D eigenvalue weighted by molar-refractivity contribution is 6.36. The topological polar surface area (TPSA) is 21.3 Å². The first-order chi connectivity index (χ1) is 6.74. The average Bonchev–Trinajstić information content (AvgIpc) is 2.26. The zero-order valence-electron chi connectivity index (χ0n) is 8.43. The molecule has 0 saturated carbocycles. The summed E-state index contributed by atoms with van der Waals surface area (Å²) in [5.41, 5.74) is 1.41. The molecule has 0 spiro atoms. The Balaban J connectivity index is 2.22. The summed E-state index contributed by atoms with van der Waals surface area (Å²) in [5.74, 6) is 0.698. The van der Waals surface area contributed by atoms with Gasteiger partial charge in [-0.2, -0.15) is 0 Å². The highest BCUT2D eigenvalue weighted by Crippen LogP contribution is 2.18. The minimum Gasteiger partial charge on any atom is -0.381 e. The van der Waals surface area contributed by atoms with Crippen molar-refractivity contribution in [2.24, 2.45) is 5.92 Å². The molecule has 0 aromatic heterocycles. The Kier molecular flexibility index (Phi) is 5.87. The molecule has 0 aromatic rings. The van der Waals surface area contributed by atoms with Gasteiger partial charge in [-0.25, -0.2) is 0 Å².